The highest BCUT2D eigenvalue weighted by molar-refractivity contribution is 5.97. The summed E-state index contributed by atoms with van der Waals surface area (Å²) in [5, 5.41) is 2.71. The van der Waals surface area contributed by atoms with E-state index in [1.807, 2.05) is 6.07 Å². The number of fused-ring (bicyclic) bond motifs is 1. The Hall–Kier alpha value is -2.08. The summed E-state index contributed by atoms with van der Waals surface area (Å²) in [6.07, 6.45) is 0.259. The van der Waals surface area contributed by atoms with E-state index in [0.29, 0.717) is 24.5 Å². The highest BCUT2D eigenvalue weighted by atomic mass is 16.5. The molecule has 3 N–H and O–H groups in total. The molecule has 1 aliphatic heterocycles. The lowest BCUT2D eigenvalue weighted by Crippen LogP contribution is -2.35. The highest BCUT2D eigenvalue weighted by Gasteiger charge is 2.22. The van der Waals surface area contributed by atoms with Gasteiger partial charge in [-0.15, -0.1) is 0 Å². The third kappa shape index (κ3) is 3.03. The molecule has 1 aromatic rings. The zero-order chi connectivity index (χ0) is 13.8. The first kappa shape index (κ1) is 13.4. The smallest absolute Gasteiger partial charge is 0.264 e. The van der Waals surface area contributed by atoms with Gasteiger partial charge in [-0.2, -0.15) is 0 Å². The molecule has 0 saturated heterocycles. The minimum Gasteiger partial charge on any atom is -0.482 e. The van der Waals surface area contributed by atoms with Crippen LogP contribution < -0.4 is 20.7 Å². The lowest BCUT2D eigenvalue weighted by Gasteiger charge is -2.26. The number of ether oxygens (including phenoxy) is 1. The van der Waals surface area contributed by atoms with E-state index in [-0.39, 0.29) is 24.8 Å². The van der Waals surface area contributed by atoms with Crippen LogP contribution in [0.5, 0.6) is 5.75 Å². The molecule has 0 unspecified atom stereocenters. The van der Waals surface area contributed by atoms with Crippen molar-refractivity contribution in [1.29, 1.82) is 0 Å². The average Bonchev–Trinajstić information content (AvgIpc) is 2.41. The molecule has 0 fully saturated rings. The van der Waals surface area contributed by atoms with Crippen molar-refractivity contribution in [3.63, 3.8) is 0 Å². The predicted octanol–water partition coefficient (Wildman–Crippen LogP) is -0.341. The summed E-state index contributed by atoms with van der Waals surface area (Å²) in [4.78, 5) is 24.7. The zero-order valence-electron chi connectivity index (χ0n) is 10.8. The van der Waals surface area contributed by atoms with Crippen LogP contribution in [0, 0.1) is 0 Å². The number of nitrogens with one attached hydrogen (secondary N) is 1. The standard InChI is InChI=1S/C13H17N3O3/c1-16-10-6-9(7-12(17)15-5-4-14)2-3-11(10)19-8-13(16)18/h2-3,6H,4-5,7-8,14H2,1H3,(H,15,17). The van der Waals surface area contributed by atoms with Gasteiger partial charge in [0.15, 0.2) is 6.61 Å². The van der Waals surface area contributed by atoms with E-state index >= 15 is 0 Å². The van der Waals surface area contributed by atoms with Gasteiger partial charge in [0.1, 0.15) is 5.75 Å². The lowest BCUT2D eigenvalue weighted by atomic mass is 10.1. The molecule has 0 aliphatic carbocycles. The van der Waals surface area contributed by atoms with Gasteiger partial charge in [0.25, 0.3) is 5.91 Å². The summed E-state index contributed by atoms with van der Waals surface area (Å²) in [6.45, 7) is 0.937. The Morgan fingerprint density at radius 3 is 3.05 bits per heavy atom. The van der Waals surface area contributed by atoms with Gasteiger partial charge in [-0.25, -0.2) is 0 Å². The van der Waals surface area contributed by atoms with Crippen LogP contribution in [0.15, 0.2) is 18.2 Å². The Morgan fingerprint density at radius 2 is 2.32 bits per heavy atom. The number of benzene rings is 1. The molecule has 0 spiro atoms. The Labute approximate surface area is 111 Å². The third-order valence-corrected chi connectivity index (χ3v) is 2.94. The van der Waals surface area contributed by atoms with Crippen molar-refractivity contribution in [2.75, 3.05) is 31.6 Å². The predicted molar refractivity (Wildman–Crippen MR) is 71.1 cm³/mol. The summed E-state index contributed by atoms with van der Waals surface area (Å²) in [5.74, 6) is 0.474. The van der Waals surface area contributed by atoms with Crippen molar-refractivity contribution in [3.8, 4) is 5.75 Å². The Balaban J connectivity index is 2.12. The molecule has 2 rings (SSSR count). The van der Waals surface area contributed by atoms with Crippen LogP contribution in [0.25, 0.3) is 0 Å². The van der Waals surface area contributed by atoms with E-state index in [4.69, 9.17) is 10.5 Å². The summed E-state index contributed by atoms with van der Waals surface area (Å²) < 4.78 is 5.32. The van der Waals surface area contributed by atoms with Gasteiger partial charge in [-0.05, 0) is 17.7 Å². The quantitative estimate of drug-likeness (QED) is 0.778. The number of hydrogen-bond donors (Lipinski definition) is 2. The molecular formula is C13H17N3O3. The fourth-order valence-electron chi connectivity index (χ4n) is 1.89. The monoisotopic (exact) mass is 263 g/mol. The second-order valence-electron chi connectivity index (χ2n) is 4.36. The fourth-order valence-corrected chi connectivity index (χ4v) is 1.89. The zero-order valence-corrected chi connectivity index (χ0v) is 10.8. The van der Waals surface area contributed by atoms with Crippen LogP contribution in [-0.4, -0.2) is 38.6 Å². The van der Waals surface area contributed by atoms with Gasteiger partial charge in [0.2, 0.25) is 5.91 Å². The number of amides is 2. The number of carbonyl (C=O) groups is 2. The maximum absolute atomic E-state index is 11.6. The van der Waals surface area contributed by atoms with Crippen LogP contribution in [-0.2, 0) is 16.0 Å². The van der Waals surface area contributed by atoms with E-state index in [9.17, 15) is 9.59 Å². The molecule has 0 bridgehead atoms. The van der Waals surface area contributed by atoms with Gasteiger partial charge >= 0.3 is 0 Å². The van der Waals surface area contributed by atoms with Gasteiger partial charge in [-0.1, -0.05) is 6.07 Å². The molecule has 19 heavy (non-hydrogen) atoms. The fraction of sp³-hybridized carbons (Fsp3) is 0.385. The van der Waals surface area contributed by atoms with Crippen LogP contribution >= 0.6 is 0 Å². The largest absolute Gasteiger partial charge is 0.482 e. The van der Waals surface area contributed by atoms with Crippen molar-refractivity contribution < 1.29 is 14.3 Å². The summed E-state index contributed by atoms with van der Waals surface area (Å²) in [6, 6.07) is 5.41. The first-order valence-electron chi connectivity index (χ1n) is 6.11. The normalized spacial score (nSPS) is 13.8. The van der Waals surface area contributed by atoms with Crippen LogP contribution in [0.4, 0.5) is 5.69 Å². The van der Waals surface area contributed by atoms with Crippen molar-refractivity contribution in [2.24, 2.45) is 5.73 Å². The first-order chi connectivity index (χ1) is 9.11. The Bertz CT molecular complexity index is 502. The van der Waals surface area contributed by atoms with E-state index in [1.54, 1.807) is 24.1 Å². The first-order valence-corrected chi connectivity index (χ1v) is 6.11. The van der Waals surface area contributed by atoms with Crippen LogP contribution in [0.3, 0.4) is 0 Å². The van der Waals surface area contributed by atoms with E-state index in [1.165, 1.54) is 0 Å². The summed E-state index contributed by atoms with van der Waals surface area (Å²) in [7, 11) is 1.70. The number of nitrogens with zero attached hydrogens (tertiary/aromatic N) is 1. The molecule has 1 heterocycles. The Morgan fingerprint density at radius 1 is 1.53 bits per heavy atom. The lowest BCUT2D eigenvalue weighted by molar-refractivity contribution is -0.121. The van der Waals surface area contributed by atoms with E-state index < -0.39 is 0 Å². The van der Waals surface area contributed by atoms with Gasteiger partial charge < -0.3 is 20.7 Å². The van der Waals surface area contributed by atoms with Crippen molar-refractivity contribution >= 4 is 17.5 Å². The minimum absolute atomic E-state index is 0.0554. The maximum Gasteiger partial charge on any atom is 0.264 e. The number of likely N-dealkylation sites (N-methyl/N-ethyl adjacent to an activating group) is 1. The van der Waals surface area contributed by atoms with Crippen LogP contribution in [0.1, 0.15) is 5.56 Å². The summed E-state index contributed by atoms with van der Waals surface area (Å²) >= 11 is 0. The molecule has 0 aromatic heterocycles. The van der Waals surface area contributed by atoms with Crippen molar-refractivity contribution in [3.05, 3.63) is 23.8 Å². The third-order valence-electron chi connectivity index (χ3n) is 2.94. The second kappa shape index (κ2) is 5.71. The maximum atomic E-state index is 11.6. The molecule has 0 atom stereocenters. The second-order valence-corrected chi connectivity index (χ2v) is 4.36. The minimum atomic E-state index is -0.0998. The molecule has 6 heteroatoms. The molecule has 102 valence electrons. The molecule has 2 amide bonds. The number of anilines is 1. The van der Waals surface area contributed by atoms with Gasteiger partial charge in [-0.3, -0.25) is 9.59 Å². The van der Waals surface area contributed by atoms with Gasteiger partial charge in [0.05, 0.1) is 12.1 Å². The molecule has 1 aromatic carbocycles. The molecular weight excluding hydrogens is 246 g/mol. The van der Waals surface area contributed by atoms with Crippen LogP contribution in [0.2, 0.25) is 0 Å². The number of rotatable bonds is 4. The van der Waals surface area contributed by atoms with E-state index in [2.05, 4.69) is 5.32 Å². The Kier molecular flexibility index (Phi) is 4.01. The van der Waals surface area contributed by atoms with Crippen molar-refractivity contribution in [2.45, 2.75) is 6.42 Å². The SMILES string of the molecule is CN1C(=O)COc2ccc(CC(=O)NCCN)cc21. The summed E-state index contributed by atoms with van der Waals surface area (Å²) in [5.41, 5.74) is 6.85. The molecule has 0 radical (unpaired) electrons. The molecule has 0 saturated carbocycles. The van der Waals surface area contributed by atoms with Gasteiger partial charge in [0, 0.05) is 20.1 Å². The van der Waals surface area contributed by atoms with Crippen molar-refractivity contribution in [1.82, 2.24) is 5.32 Å². The molecule has 6 nitrogen and oxygen atoms in total. The van der Waals surface area contributed by atoms with E-state index in [0.717, 1.165) is 5.56 Å². The molecule has 1 aliphatic rings. The topological polar surface area (TPSA) is 84.7 Å². The highest BCUT2D eigenvalue weighted by Crippen LogP contribution is 2.31. The average molecular weight is 263 g/mol. The number of carbonyl (C=O) groups excluding carboxylic acids is 2. The number of hydrogen-bond acceptors (Lipinski definition) is 4. The number of nitrogens with two attached hydrogens (primary N) is 1.